The molecule has 5 nitrogen and oxygen atoms in total. The minimum Gasteiger partial charge on any atom is -0.272 e. The van der Waals surface area contributed by atoms with Crippen LogP contribution in [0.15, 0.2) is 64.2 Å². The molecule has 0 radical (unpaired) electrons. The van der Waals surface area contributed by atoms with E-state index in [1.165, 1.54) is 5.56 Å². The number of H-pyrrole nitrogens is 1. The maximum absolute atomic E-state index is 12.5. The molecule has 27 heavy (non-hydrogen) atoms. The first kappa shape index (κ1) is 17.4. The molecule has 0 unspecified atom stereocenters. The number of hydrogen-bond donors (Lipinski definition) is 2. The van der Waals surface area contributed by atoms with Crippen LogP contribution in [0.25, 0.3) is 17.3 Å². The van der Waals surface area contributed by atoms with Crippen LogP contribution >= 0.6 is 15.9 Å². The van der Waals surface area contributed by atoms with E-state index in [9.17, 15) is 4.79 Å². The summed E-state index contributed by atoms with van der Waals surface area (Å²) in [6.07, 6.45) is 5.16. The van der Waals surface area contributed by atoms with Crippen molar-refractivity contribution < 1.29 is 4.79 Å². The highest BCUT2D eigenvalue weighted by Crippen LogP contribution is 2.33. The monoisotopic (exact) mass is 420 g/mol. The van der Waals surface area contributed by atoms with E-state index in [1.807, 2.05) is 54.6 Å². The molecule has 0 saturated heterocycles. The predicted octanol–water partition coefficient (Wildman–Crippen LogP) is 4.33. The van der Waals surface area contributed by atoms with Gasteiger partial charge in [0.15, 0.2) is 0 Å². The van der Waals surface area contributed by atoms with Gasteiger partial charge in [0, 0.05) is 15.6 Å². The van der Waals surface area contributed by atoms with Gasteiger partial charge >= 0.3 is 0 Å². The number of nitrogens with one attached hydrogen (secondary N) is 2. The van der Waals surface area contributed by atoms with Crippen molar-refractivity contribution in [3.8, 4) is 11.3 Å². The first-order valence-electron chi connectivity index (χ1n) is 8.63. The van der Waals surface area contributed by atoms with Crippen LogP contribution < -0.4 is 5.43 Å². The minimum absolute atomic E-state index is 0.292. The van der Waals surface area contributed by atoms with Crippen LogP contribution in [0, 0.1) is 0 Å². The van der Waals surface area contributed by atoms with Gasteiger partial charge in [-0.05, 0) is 46.0 Å². The van der Waals surface area contributed by atoms with Crippen LogP contribution in [-0.2, 0) is 12.8 Å². The van der Waals surface area contributed by atoms with Crippen molar-refractivity contribution in [3.63, 3.8) is 0 Å². The molecule has 6 heteroatoms. The maximum atomic E-state index is 12.5. The molecule has 3 aromatic rings. The number of carbonyl (C=O) groups excluding carboxylic acids is 1. The third-order valence-electron chi connectivity index (χ3n) is 4.47. The fourth-order valence-corrected chi connectivity index (χ4v) is 3.57. The topological polar surface area (TPSA) is 70.1 Å². The highest BCUT2D eigenvalue weighted by Gasteiger charge is 2.24. The second kappa shape index (κ2) is 7.72. The first-order chi connectivity index (χ1) is 13.2. The summed E-state index contributed by atoms with van der Waals surface area (Å²) in [5.41, 5.74) is 8.23. The zero-order valence-corrected chi connectivity index (χ0v) is 16.0. The Bertz CT molecular complexity index is 1040. The van der Waals surface area contributed by atoms with Crippen LogP contribution in [0.4, 0.5) is 0 Å². The average Bonchev–Trinajstić information content (AvgIpc) is 3.13. The summed E-state index contributed by atoms with van der Waals surface area (Å²) in [6, 6.07) is 18.0. The number of hydrazone groups is 1. The van der Waals surface area contributed by atoms with Crippen molar-refractivity contribution in [2.24, 2.45) is 5.10 Å². The summed E-state index contributed by atoms with van der Waals surface area (Å²) in [4.78, 5) is 12.5. The van der Waals surface area contributed by atoms with Crippen molar-refractivity contribution in [2.75, 3.05) is 0 Å². The van der Waals surface area contributed by atoms with Gasteiger partial charge in [-0.3, -0.25) is 9.89 Å². The number of allylic oxidation sites excluding steroid dienone is 1. The largest absolute Gasteiger partial charge is 0.289 e. The molecular formula is C21H17BrN4O. The van der Waals surface area contributed by atoms with E-state index in [1.54, 1.807) is 6.21 Å². The summed E-state index contributed by atoms with van der Waals surface area (Å²) in [5, 5.41) is 11.3. The van der Waals surface area contributed by atoms with Crippen molar-refractivity contribution in [1.29, 1.82) is 0 Å². The van der Waals surface area contributed by atoms with Crippen LogP contribution in [-0.4, -0.2) is 22.3 Å². The van der Waals surface area contributed by atoms with Crippen molar-refractivity contribution in [1.82, 2.24) is 15.6 Å². The Kier molecular flexibility index (Phi) is 4.98. The molecule has 4 rings (SSSR count). The molecule has 1 aliphatic carbocycles. The van der Waals surface area contributed by atoms with Gasteiger partial charge < -0.3 is 0 Å². The Labute approximate surface area is 165 Å². The number of aromatic nitrogens is 2. The molecule has 0 spiro atoms. The highest BCUT2D eigenvalue weighted by atomic mass is 79.9. The molecule has 1 aromatic heterocycles. The summed E-state index contributed by atoms with van der Waals surface area (Å²) >= 11 is 3.43. The molecular weight excluding hydrogens is 404 g/mol. The van der Waals surface area contributed by atoms with Gasteiger partial charge in [-0.2, -0.15) is 10.2 Å². The number of halogens is 1. The second-order valence-electron chi connectivity index (χ2n) is 6.22. The number of amides is 1. The van der Waals surface area contributed by atoms with Gasteiger partial charge in [0.05, 0.1) is 11.9 Å². The molecule has 0 saturated carbocycles. The molecule has 2 N–H and O–H groups in total. The van der Waals surface area contributed by atoms with E-state index in [2.05, 4.69) is 42.7 Å². The number of aromatic amines is 1. The molecule has 1 aliphatic rings. The number of aryl methyl sites for hydroxylation is 1. The predicted molar refractivity (Wildman–Crippen MR) is 111 cm³/mol. The quantitative estimate of drug-likeness (QED) is 0.487. The molecule has 0 fully saturated rings. The molecule has 134 valence electrons. The summed E-state index contributed by atoms with van der Waals surface area (Å²) in [5.74, 6) is -0.292. The van der Waals surface area contributed by atoms with Crippen LogP contribution in [0.2, 0.25) is 0 Å². The molecule has 0 atom stereocenters. The first-order valence-corrected chi connectivity index (χ1v) is 9.43. The molecule has 1 amide bonds. The van der Waals surface area contributed by atoms with E-state index in [0.29, 0.717) is 5.69 Å². The van der Waals surface area contributed by atoms with E-state index in [-0.39, 0.29) is 5.91 Å². The van der Waals surface area contributed by atoms with E-state index in [4.69, 9.17) is 0 Å². The van der Waals surface area contributed by atoms with Gasteiger partial charge in [0.25, 0.3) is 5.91 Å². The number of benzene rings is 2. The van der Waals surface area contributed by atoms with E-state index in [0.717, 1.165) is 39.7 Å². The number of carbonyl (C=O) groups is 1. The lowest BCUT2D eigenvalue weighted by atomic mass is 9.89. The Balaban J connectivity index is 1.47. The number of fused-ring (bicyclic) bond motifs is 3. The van der Waals surface area contributed by atoms with E-state index >= 15 is 0 Å². The third kappa shape index (κ3) is 3.75. The summed E-state index contributed by atoms with van der Waals surface area (Å²) < 4.78 is 0.759. The minimum atomic E-state index is -0.292. The Hall–Kier alpha value is -2.99. The standard InChI is InChI=1S/C21H17BrN4O/c22-16(12-14-6-2-1-3-7-14)13-23-26-21(27)20-18-11-10-15-8-4-5-9-17(15)19(18)24-25-20/h1-9,12-13H,10-11H2,(H,24,25)(H,26,27)/b16-12-,23-13-. The average molecular weight is 421 g/mol. The van der Waals surface area contributed by atoms with Gasteiger partial charge in [0.2, 0.25) is 0 Å². The van der Waals surface area contributed by atoms with Gasteiger partial charge in [-0.1, -0.05) is 54.6 Å². The normalized spacial score (nSPS) is 13.3. The third-order valence-corrected chi connectivity index (χ3v) is 4.90. The van der Waals surface area contributed by atoms with Crippen LogP contribution in [0.5, 0.6) is 0 Å². The Morgan fingerprint density at radius 1 is 1.11 bits per heavy atom. The van der Waals surface area contributed by atoms with Crippen molar-refractivity contribution in [3.05, 3.63) is 81.5 Å². The van der Waals surface area contributed by atoms with Crippen molar-refractivity contribution >= 4 is 34.1 Å². The SMILES string of the molecule is O=C(N/N=C\C(Br)=C\c1ccccc1)c1[nH]nc2c1CCc1ccccc1-2. The fraction of sp³-hybridized carbons (Fsp3) is 0.0952. The lowest BCUT2D eigenvalue weighted by molar-refractivity contribution is 0.0949. The van der Waals surface area contributed by atoms with E-state index < -0.39 is 0 Å². The highest BCUT2D eigenvalue weighted by molar-refractivity contribution is 9.12. The molecule has 1 heterocycles. The Morgan fingerprint density at radius 3 is 2.74 bits per heavy atom. The smallest absolute Gasteiger partial charge is 0.272 e. The zero-order valence-electron chi connectivity index (χ0n) is 14.4. The lowest BCUT2D eigenvalue weighted by Crippen LogP contribution is -2.20. The molecule has 0 bridgehead atoms. The number of rotatable bonds is 4. The summed E-state index contributed by atoms with van der Waals surface area (Å²) in [7, 11) is 0. The zero-order chi connectivity index (χ0) is 18.6. The van der Waals surface area contributed by atoms with Gasteiger partial charge in [-0.25, -0.2) is 5.43 Å². The van der Waals surface area contributed by atoms with Gasteiger partial charge in [-0.15, -0.1) is 0 Å². The number of nitrogens with zero attached hydrogens (tertiary/aromatic N) is 2. The van der Waals surface area contributed by atoms with Gasteiger partial charge in [0.1, 0.15) is 5.69 Å². The summed E-state index contributed by atoms with van der Waals surface area (Å²) in [6.45, 7) is 0. The second-order valence-corrected chi connectivity index (χ2v) is 7.14. The Morgan fingerprint density at radius 2 is 1.89 bits per heavy atom. The van der Waals surface area contributed by atoms with Crippen molar-refractivity contribution in [2.45, 2.75) is 12.8 Å². The lowest BCUT2D eigenvalue weighted by Gasteiger charge is -2.15. The van der Waals surface area contributed by atoms with Crippen LogP contribution in [0.3, 0.4) is 0 Å². The van der Waals surface area contributed by atoms with Crippen LogP contribution in [0.1, 0.15) is 27.2 Å². The maximum Gasteiger partial charge on any atom is 0.289 e. The fourth-order valence-electron chi connectivity index (χ4n) is 3.20. The molecule has 0 aliphatic heterocycles. The number of hydrogen-bond acceptors (Lipinski definition) is 3. The molecule has 2 aromatic carbocycles.